The summed E-state index contributed by atoms with van der Waals surface area (Å²) in [6, 6.07) is 12.0. The number of fused-ring (bicyclic) bond motifs is 3. The molecule has 8 heteroatoms. The van der Waals surface area contributed by atoms with Crippen LogP contribution in [0.1, 0.15) is 37.4 Å². The van der Waals surface area contributed by atoms with Gasteiger partial charge in [-0.05, 0) is 62.1 Å². The average Bonchev–Trinajstić information content (AvgIpc) is 3.26. The predicted molar refractivity (Wildman–Crippen MR) is 130 cm³/mol. The van der Waals surface area contributed by atoms with Gasteiger partial charge in [-0.15, -0.1) is 10.2 Å². The molecule has 5 rings (SSSR count). The van der Waals surface area contributed by atoms with Crippen molar-refractivity contribution >= 4 is 28.3 Å². The second-order valence-corrected chi connectivity index (χ2v) is 9.11. The quantitative estimate of drug-likeness (QED) is 0.446. The fourth-order valence-electron chi connectivity index (χ4n) is 4.41. The molecule has 0 aliphatic carbocycles. The molecule has 1 aliphatic heterocycles. The van der Waals surface area contributed by atoms with Crippen molar-refractivity contribution in [2.24, 2.45) is 0 Å². The first-order valence-electron chi connectivity index (χ1n) is 11.5. The third-order valence-corrected chi connectivity index (χ3v) is 6.50. The molecule has 1 saturated heterocycles. The molecule has 7 nitrogen and oxygen atoms in total. The van der Waals surface area contributed by atoms with E-state index in [0.29, 0.717) is 23.1 Å². The first-order valence-corrected chi connectivity index (χ1v) is 11.9. The Morgan fingerprint density at radius 2 is 1.94 bits per heavy atom. The largest absolute Gasteiger partial charge is 0.494 e. The van der Waals surface area contributed by atoms with Crippen molar-refractivity contribution in [2.75, 3.05) is 19.7 Å². The Bertz CT molecular complexity index is 1300. The molecular weight excluding hydrogens is 438 g/mol. The number of aryl methyl sites for hydroxylation is 1. The molecule has 1 N–H and O–H groups in total. The van der Waals surface area contributed by atoms with Crippen molar-refractivity contribution in [1.29, 1.82) is 0 Å². The summed E-state index contributed by atoms with van der Waals surface area (Å²) >= 11 is 6.61. The molecule has 172 valence electrons. The maximum Gasteiger partial charge on any atom is 0.183 e. The van der Waals surface area contributed by atoms with Gasteiger partial charge in [-0.25, -0.2) is 4.98 Å². The standard InChI is InChI=1S/C25H28ClN5O2/c1-3-12-33-19-5-6-21(26)20(14-19)25-29-28-24-16(2)27-22-7-4-17(13-23(22)31(24)25)15-30-10-8-18(32)9-11-30/h4-7,13-14,18,32H,3,8-12,15H2,1-2H3. The Morgan fingerprint density at radius 1 is 1.12 bits per heavy atom. The summed E-state index contributed by atoms with van der Waals surface area (Å²) < 4.78 is 7.88. The number of hydrogen-bond acceptors (Lipinski definition) is 6. The minimum absolute atomic E-state index is 0.175. The molecule has 0 amide bonds. The lowest BCUT2D eigenvalue weighted by atomic mass is 10.1. The van der Waals surface area contributed by atoms with E-state index in [2.05, 4.69) is 40.2 Å². The maximum atomic E-state index is 9.81. The fraction of sp³-hybridized carbons (Fsp3) is 0.400. The number of rotatable bonds is 6. The first kappa shape index (κ1) is 22.1. The van der Waals surface area contributed by atoms with E-state index in [1.54, 1.807) is 0 Å². The molecule has 33 heavy (non-hydrogen) atoms. The summed E-state index contributed by atoms with van der Waals surface area (Å²) in [5.74, 6) is 1.43. The van der Waals surface area contributed by atoms with Crippen LogP contribution in [0.25, 0.3) is 28.1 Å². The van der Waals surface area contributed by atoms with Crippen LogP contribution in [-0.2, 0) is 6.54 Å². The zero-order valence-corrected chi connectivity index (χ0v) is 19.7. The average molecular weight is 466 g/mol. The number of aliphatic hydroxyl groups excluding tert-OH is 1. The van der Waals surface area contributed by atoms with Gasteiger partial charge in [0.25, 0.3) is 0 Å². The third kappa shape index (κ3) is 4.40. The van der Waals surface area contributed by atoms with Crippen LogP contribution in [0.2, 0.25) is 5.02 Å². The van der Waals surface area contributed by atoms with Crippen LogP contribution in [-0.4, -0.2) is 55.4 Å². The highest BCUT2D eigenvalue weighted by Gasteiger charge is 2.20. The van der Waals surface area contributed by atoms with Crippen LogP contribution in [0.4, 0.5) is 0 Å². The lowest BCUT2D eigenvalue weighted by Gasteiger charge is -2.29. The van der Waals surface area contributed by atoms with E-state index in [4.69, 9.17) is 21.3 Å². The molecule has 1 aliphatic rings. The number of ether oxygens (including phenoxy) is 1. The Morgan fingerprint density at radius 3 is 2.73 bits per heavy atom. The molecule has 0 unspecified atom stereocenters. The molecule has 2 aromatic carbocycles. The number of piperidine rings is 1. The molecule has 0 atom stereocenters. The fourth-order valence-corrected chi connectivity index (χ4v) is 4.62. The van der Waals surface area contributed by atoms with E-state index in [1.165, 1.54) is 5.56 Å². The molecule has 3 heterocycles. The first-order chi connectivity index (χ1) is 16.0. The Balaban J connectivity index is 1.60. The Kier molecular flexibility index (Phi) is 6.19. The molecule has 0 spiro atoms. The summed E-state index contributed by atoms with van der Waals surface area (Å²) in [6.45, 7) is 7.30. The highest BCUT2D eigenvalue weighted by Crippen LogP contribution is 2.33. The zero-order chi connectivity index (χ0) is 22.9. The SMILES string of the molecule is CCCOc1ccc(Cl)c(-c2nnc3c(C)nc4ccc(CN5CCC(O)CC5)cc4n23)c1. The monoisotopic (exact) mass is 465 g/mol. The summed E-state index contributed by atoms with van der Waals surface area (Å²) in [5.41, 5.74) is 5.33. The van der Waals surface area contributed by atoms with E-state index < -0.39 is 0 Å². The van der Waals surface area contributed by atoms with Crippen LogP contribution < -0.4 is 4.74 Å². The number of benzene rings is 2. The maximum absolute atomic E-state index is 9.81. The second-order valence-electron chi connectivity index (χ2n) is 8.70. The van der Waals surface area contributed by atoms with Gasteiger partial charge >= 0.3 is 0 Å². The van der Waals surface area contributed by atoms with Crippen LogP contribution in [0.5, 0.6) is 5.75 Å². The lowest BCUT2D eigenvalue weighted by Crippen LogP contribution is -2.35. The van der Waals surface area contributed by atoms with Gasteiger partial charge < -0.3 is 9.84 Å². The van der Waals surface area contributed by atoms with Crippen molar-refractivity contribution in [3.8, 4) is 17.1 Å². The van der Waals surface area contributed by atoms with Gasteiger partial charge in [-0.1, -0.05) is 24.6 Å². The molecular formula is C25H28ClN5O2. The van der Waals surface area contributed by atoms with Crippen LogP contribution in [0.3, 0.4) is 0 Å². The summed E-state index contributed by atoms with van der Waals surface area (Å²) in [6.07, 6.45) is 2.40. The molecule has 4 aromatic rings. The lowest BCUT2D eigenvalue weighted by molar-refractivity contribution is 0.0792. The van der Waals surface area contributed by atoms with Gasteiger partial charge in [0.1, 0.15) is 5.75 Å². The van der Waals surface area contributed by atoms with Crippen molar-refractivity contribution in [1.82, 2.24) is 24.5 Å². The summed E-state index contributed by atoms with van der Waals surface area (Å²) in [7, 11) is 0. The van der Waals surface area contributed by atoms with E-state index >= 15 is 0 Å². The topological polar surface area (TPSA) is 75.8 Å². The summed E-state index contributed by atoms with van der Waals surface area (Å²) in [4.78, 5) is 7.14. The molecule has 0 saturated carbocycles. The van der Waals surface area contributed by atoms with Crippen LogP contribution >= 0.6 is 11.6 Å². The molecule has 0 radical (unpaired) electrons. The second kappa shape index (κ2) is 9.25. The molecule has 2 aromatic heterocycles. The number of aromatic nitrogens is 4. The minimum atomic E-state index is -0.175. The van der Waals surface area contributed by atoms with Gasteiger partial charge in [0, 0.05) is 25.2 Å². The molecule has 0 bridgehead atoms. The van der Waals surface area contributed by atoms with E-state index in [0.717, 1.165) is 66.9 Å². The predicted octanol–water partition coefficient (Wildman–Crippen LogP) is 4.65. The number of aliphatic hydroxyl groups is 1. The normalized spacial score (nSPS) is 15.5. The number of nitrogens with zero attached hydrogens (tertiary/aromatic N) is 5. The smallest absolute Gasteiger partial charge is 0.183 e. The third-order valence-electron chi connectivity index (χ3n) is 6.17. The Labute approximate surface area is 198 Å². The van der Waals surface area contributed by atoms with Crippen LogP contribution in [0, 0.1) is 6.92 Å². The highest BCUT2D eigenvalue weighted by atomic mass is 35.5. The van der Waals surface area contributed by atoms with Crippen LogP contribution in [0.15, 0.2) is 36.4 Å². The minimum Gasteiger partial charge on any atom is -0.494 e. The van der Waals surface area contributed by atoms with Crippen molar-refractivity contribution in [3.63, 3.8) is 0 Å². The van der Waals surface area contributed by atoms with E-state index in [1.807, 2.05) is 29.5 Å². The number of hydrogen-bond donors (Lipinski definition) is 1. The number of halogens is 1. The summed E-state index contributed by atoms with van der Waals surface area (Å²) in [5, 5.41) is 19.4. The van der Waals surface area contributed by atoms with Gasteiger partial charge in [0.15, 0.2) is 11.5 Å². The highest BCUT2D eigenvalue weighted by molar-refractivity contribution is 6.33. The van der Waals surface area contributed by atoms with E-state index in [-0.39, 0.29) is 6.10 Å². The van der Waals surface area contributed by atoms with Gasteiger partial charge in [0.2, 0.25) is 0 Å². The van der Waals surface area contributed by atoms with Gasteiger partial charge in [0.05, 0.1) is 34.5 Å². The Hall–Kier alpha value is -2.74. The zero-order valence-electron chi connectivity index (χ0n) is 19.0. The van der Waals surface area contributed by atoms with Gasteiger partial charge in [-0.2, -0.15) is 0 Å². The van der Waals surface area contributed by atoms with E-state index in [9.17, 15) is 5.11 Å². The molecule has 1 fully saturated rings. The van der Waals surface area contributed by atoms with Crippen molar-refractivity contribution < 1.29 is 9.84 Å². The number of likely N-dealkylation sites (tertiary alicyclic amines) is 1. The van der Waals surface area contributed by atoms with Crippen molar-refractivity contribution in [3.05, 3.63) is 52.7 Å². The van der Waals surface area contributed by atoms with Gasteiger partial charge in [-0.3, -0.25) is 9.30 Å². The van der Waals surface area contributed by atoms with Crippen molar-refractivity contribution in [2.45, 2.75) is 45.8 Å².